The first-order valence-electron chi connectivity index (χ1n) is 12.3. The number of pyridine rings is 1. The minimum absolute atomic E-state index is 0.210. The van der Waals surface area contributed by atoms with Crippen LogP contribution in [0.15, 0.2) is 91.0 Å². The summed E-state index contributed by atoms with van der Waals surface area (Å²) in [7, 11) is 0. The van der Waals surface area contributed by atoms with Crippen LogP contribution in [0.2, 0.25) is 0 Å². The summed E-state index contributed by atoms with van der Waals surface area (Å²) in [6, 6.07) is 28.4. The molecule has 0 saturated carbocycles. The standard InChI is InChI=1S/C32H15F3N4S/c33-24-15-25(34)28(30(35)23(24)16-36)19-9-5-17(6-10-19)18-7-11-20(12-8-18)31-22-13-14-27-32(39-40-38-27)29(22)21-3-1-2-4-26(21)37-31/h1-15H. The SMILES string of the molecule is N#Cc1c(F)cc(F)c(-c2ccc(-c3ccc(-c4nc5ccccc5c5c4ccc4nsnc45)cc3)cc2)c1F. The van der Waals surface area contributed by atoms with Gasteiger partial charge < -0.3 is 0 Å². The van der Waals surface area contributed by atoms with Gasteiger partial charge in [0.25, 0.3) is 0 Å². The van der Waals surface area contributed by atoms with E-state index in [4.69, 9.17) is 10.2 Å². The van der Waals surface area contributed by atoms with Crippen LogP contribution < -0.4 is 0 Å². The molecule has 0 radical (unpaired) electrons. The molecule has 5 aromatic carbocycles. The maximum atomic E-state index is 14.7. The van der Waals surface area contributed by atoms with Crippen LogP contribution in [0.5, 0.6) is 0 Å². The van der Waals surface area contributed by atoms with Gasteiger partial charge in [-0.3, -0.25) is 0 Å². The molecule has 40 heavy (non-hydrogen) atoms. The molecule has 0 amide bonds. The zero-order valence-corrected chi connectivity index (χ0v) is 21.3. The van der Waals surface area contributed by atoms with Crippen molar-refractivity contribution in [2.24, 2.45) is 0 Å². The predicted molar refractivity (Wildman–Crippen MR) is 151 cm³/mol. The zero-order valence-electron chi connectivity index (χ0n) is 20.5. The highest BCUT2D eigenvalue weighted by molar-refractivity contribution is 7.00. The lowest BCUT2D eigenvalue weighted by molar-refractivity contribution is 0.543. The fourth-order valence-corrected chi connectivity index (χ4v) is 5.65. The van der Waals surface area contributed by atoms with E-state index >= 15 is 0 Å². The highest BCUT2D eigenvalue weighted by Gasteiger charge is 2.20. The molecule has 0 atom stereocenters. The van der Waals surface area contributed by atoms with Crippen LogP contribution in [0, 0.1) is 28.8 Å². The number of hydrogen-bond donors (Lipinski definition) is 0. The fourth-order valence-electron chi connectivity index (χ4n) is 5.11. The molecule has 190 valence electrons. The van der Waals surface area contributed by atoms with Crippen LogP contribution in [-0.2, 0) is 0 Å². The molecule has 0 unspecified atom stereocenters. The lowest BCUT2D eigenvalue weighted by Crippen LogP contribution is -1.98. The van der Waals surface area contributed by atoms with Gasteiger partial charge in [0.1, 0.15) is 34.3 Å². The normalized spacial score (nSPS) is 11.3. The van der Waals surface area contributed by atoms with Gasteiger partial charge in [-0.2, -0.15) is 14.0 Å². The Bertz CT molecular complexity index is 2150. The predicted octanol–water partition coefficient (Wildman–Crippen LogP) is 8.68. The molecule has 7 aromatic rings. The Morgan fingerprint density at radius 3 is 2.05 bits per heavy atom. The number of hydrogen-bond acceptors (Lipinski definition) is 5. The molecule has 0 saturated heterocycles. The summed E-state index contributed by atoms with van der Waals surface area (Å²) in [5, 5.41) is 12.1. The second kappa shape index (κ2) is 9.26. The Kier molecular flexibility index (Phi) is 5.54. The molecule has 2 aromatic heterocycles. The Morgan fingerprint density at radius 1 is 0.650 bits per heavy atom. The Labute approximate surface area is 229 Å². The highest BCUT2D eigenvalue weighted by atomic mass is 32.1. The third kappa shape index (κ3) is 3.71. The highest BCUT2D eigenvalue weighted by Crippen LogP contribution is 2.37. The first kappa shape index (κ1) is 23.9. The number of nitrogens with zero attached hydrogens (tertiary/aromatic N) is 4. The summed E-state index contributed by atoms with van der Waals surface area (Å²) in [4.78, 5) is 4.98. The van der Waals surface area contributed by atoms with Crippen molar-refractivity contribution in [3.05, 3.63) is 114 Å². The summed E-state index contributed by atoms with van der Waals surface area (Å²) in [5.41, 5.74) is 5.02. The van der Waals surface area contributed by atoms with E-state index in [9.17, 15) is 13.2 Å². The minimum atomic E-state index is -1.22. The topological polar surface area (TPSA) is 62.5 Å². The first-order chi connectivity index (χ1) is 19.5. The molecule has 4 nitrogen and oxygen atoms in total. The molecule has 0 fully saturated rings. The van der Waals surface area contributed by atoms with E-state index in [1.54, 1.807) is 24.3 Å². The van der Waals surface area contributed by atoms with Crippen molar-refractivity contribution < 1.29 is 13.2 Å². The average molecular weight is 545 g/mol. The zero-order chi connectivity index (χ0) is 27.4. The van der Waals surface area contributed by atoms with Gasteiger partial charge in [0.2, 0.25) is 0 Å². The number of benzene rings is 5. The largest absolute Gasteiger partial charge is 0.247 e. The lowest BCUT2D eigenvalue weighted by atomic mass is 9.96. The van der Waals surface area contributed by atoms with E-state index in [2.05, 4.69) is 8.75 Å². The molecule has 2 heterocycles. The van der Waals surface area contributed by atoms with Crippen LogP contribution in [0.1, 0.15) is 5.56 Å². The van der Waals surface area contributed by atoms with E-state index < -0.39 is 28.6 Å². The molecular weight excluding hydrogens is 529 g/mol. The lowest BCUT2D eigenvalue weighted by Gasteiger charge is -2.11. The van der Waals surface area contributed by atoms with Crippen molar-refractivity contribution in [1.29, 1.82) is 5.26 Å². The maximum Gasteiger partial charge on any atom is 0.154 e. The summed E-state index contributed by atoms with van der Waals surface area (Å²) < 4.78 is 51.8. The summed E-state index contributed by atoms with van der Waals surface area (Å²) in [5.74, 6) is -3.50. The minimum Gasteiger partial charge on any atom is -0.247 e. The van der Waals surface area contributed by atoms with Crippen LogP contribution in [0.3, 0.4) is 0 Å². The molecule has 7 rings (SSSR count). The van der Waals surface area contributed by atoms with Gasteiger partial charge in [-0.1, -0.05) is 66.7 Å². The summed E-state index contributed by atoms with van der Waals surface area (Å²) in [6.45, 7) is 0. The van der Waals surface area contributed by atoms with E-state index in [1.807, 2.05) is 60.7 Å². The van der Waals surface area contributed by atoms with Gasteiger partial charge in [-0.15, -0.1) is 0 Å². The van der Waals surface area contributed by atoms with E-state index in [0.29, 0.717) is 6.07 Å². The van der Waals surface area contributed by atoms with Gasteiger partial charge in [0.05, 0.1) is 28.5 Å². The number of aromatic nitrogens is 3. The van der Waals surface area contributed by atoms with Crippen molar-refractivity contribution in [2.75, 3.05) is 0 Å². The van der Waals surface area contributed by atoms with Gasteiger partial charge >= 0.3 is 0 Å². The Balaban J connectivity index is 1.29. The van der Waals surface area contributed by atoms with Gasteiger partial charge in [-0.25, -0.2) is 18.2 Å². The van der Waals surface area contributed by atoms with Crippen molar-refractivity contribution in [3.63, 3.8) is 0 Å². The van der Waals surface area contributed by atoms with Crippen molar-refractivity contribution in [2.45, 2.75) is 0 Å². The molecule has 0 aliphatic rings. The van der Waals surface area contributed by atoms with Crippen molar-refractivity contribution in [1.82, 2.24) is 13.7 Å². The number of nitriles is 1. The van der Waals surface area contributed by atoms with Gasteiger partial charge in [-0.05, 0) is 34.9 Å². The van der Waals surface area contributed by atoms with E-state index in [1.165, 1.54) is 17.8 Å². The number of halogens is 3. The second-order valence-corrected chi connectivity index (χ2v) is 9.80. The third-order valence-corrected chi connectivity index (χ3v) is 7.58. The first-order valence-corrected chi connectivity index (χ1v) is 13.0. The van der Waals surface area contributed by atoms with Crippen molar-refractivity contribution >= 4 is 44.4 Å². The smallest absolute Gasteiger partial charge is 0.154 e. The van der Waals surface area contributed by atoms with Crippen LogP contribution in [-0.4, -0.2) is 13.7 Å². The van der Waals surface area contributed by atoms with Gasteiger partial charge in [0, 0.05) is 27.8 Å². The van der Waals surface area contributed by atoms with Crippen molar-refractivity contribution in [3.8, 4) is 39.6 Å². The molecule has 0 aliphatic heterocycles. The quantitative estimate of drug-likeness (QED) is 0.209. The second-order valence-electron chi connectivity index (χ2n) is 9.27. The van der Waals surface area contributed by atoms with Crippen LogP contribution in [0.25, 0.3) is 66.2 Å². The molecule has 0 N–H and O–H groups in total. The summed E-state index contributed by atoms with van der Waals surface area (Å²) in [6.07, 6.45) is 0. The number of fused-ring (bicyclic) bond motifs is 5. The monoisotopic (exact) mass is 544 g/mol. The third-order valence-electron chi connectivity index (χ3n) is 7.04. The Hall–Kier alpha value is -5.13. The Morgan fingerprint density at radius 2 is 1.32 bits per heavy atom. The van der Waals surface area contributed by atoms with Crippen LogP contribution >= 0.6 is 11.7 Å². The van der Waals surface area contributed by atoms with E-state index in [0.717, 1.165) is 55.1 Å². The summed E-state index contributed by atoms with van der Waals surface area (Å²) >= 11 is 1.19. The number of para-hydroxylation sites is 1. The van der Waals surface area contributed by atoms with Crippen LogP contribution in [0.4, 0.5) is 13.2 Å². The maximum absolute atomic E-state index is 14.7. The van der Waals surface area contributed by atoms with E-state index in [-0.39, 0.29) is 5.56 Å². The van der Waals surface area contributed by atoms with Gasteiger partial charge in [0.15, 0.2) is 5.82 Å². The molecule has 0 aliphatic carbocycles. The molecule has 8 heteroatoms. The number of rotatable bonds is 3. The molecular formula is C32H15F3N4S. The average Bonchev–Trinajstić information content (AvgIpc) is 3.46. The molecule has 0 spiro atoms. The fraction of sp³-hybridized carbons (Fsp3) is 0. The molecule has 0 bridgehead atoms.